The minimum absolute atomic E-state index is 0.187. The van der Waals surface area contributed by atoms with Gasteiger partial charge in [0.2, 0.25) is 0 Å². The van der Waals surface area contributed by atoms with Crippen molar-refractivity contribution >= 4 is 53.1 Å². The molecule has 0 unspecified atom stereocenters. The Kier molecular flexibility index (Phi) is 7.42. The SMILES string of the molecule is O=c1[nH]c(-c2ccc(N3CCC(OCC4=C(C5CC5)OCI=C4c4c(Cl)cccc4Cl)CC3)cc2)no1. The third-order valence-corrected chi connectivity index (χ3v) is 10.1. The molecule has 6 rings (SSSR count). The lowest BCUT2D eigenvalue weighted by molar-refractivity contribution is 0.0519. The molecule has 0 radical (unpaired) electrons. The zero-order valence-corrected chi connectivity index (χ0v) is 23.7. The molecule has 1 saturated heterocycles. The maximum Gasteiger partial charge on any atom is 0.439 e. The van der Waals surface area contributed by atoms with Crippen molar-refractivity contribution in [2.24, 2.45) is 5.92 Å². The van der Waals surface area contributed by atoms with Gasteiger partial charge < -0.3 is 14.4 Å². The van der Waals surface area contributed by atoms with Gasteiger partial charge in [-0.2, -0.15) is 0 Å². The van der Waals surface area contributed by atoms with Gasteiger partial charge in [0.15, 0.2) is 5.82 Å². The number of hydrogen-bond donors (Lipinski definition) is 1. The average Bonchev–Trinajstić information content (AvgIpc) is 3.67. The molecule has 10 heteroatoms. The van der Waals surface area contributed by atoms with E-state index < -0.39 is 5.76 Å². The van der Waals surface area contributed by atoms with Crippen LogP contribution >= 0.6 is 43.9 Å². The summed E-state index contributed by atoms with van der Waals surface area (Å²) < 4.78 is 19.4. The lowest BCUT2D eigenvalue weighted by atomic mass is 10.0. The molecule has 7 nitrogen and oxygen atoms in total. The minimum atomic E-state index is -0.553. The van der Waals surface area contributed by atoms with E-state index in [0.717, 1.165) is 53.1 Å². The van der Waals surface area contributed by atoms with Crippen molar-refractivity contribution in [2.45, 2.75) is 31.8 Å². The maximum atomic E-state index is 11.2. The number of anilines is 1. The van der Waals surface area contributed by atoms with Crippen LogP contribution in [0.2, 0.25) is 10.0 Å². The predicted molar refractivity (Wildman–Crippen MR) is 154 cm³/mol. The molecule has 0 bridgehead atoms. The highest BCUT2D eigenvalue weighted by atomic mass is 127. The number of halogens is 3. The van der Waals surface area contributed by atoms with Crippen LogP contribution in [0, 0.1) is 5.92 Å². The second-order valence-corrected chi connectivity index (χ2v) is 12.7. The summed E-state index contributed by atoms with van der Waals surface area (Å²) in [6.45, 7) is 2.36. The van der Waals surface area contributed by atoms with Crippen LogP contribution in [0.1, 0.15) is 31.2 Å². The summed E-state index contributed by atoms with van der Waals surface area (Å²) in [6.07, 6.45) is 4.42. The standard InChI is InChI=1S/C27H26Cl2IN3O4/c28-21-2-1-3-22(29)23(21)24-20(25(16-4-5-16)36-15-30-24)14-35-19-10-12-33(13-11-19)18-8-6-17(7-9-18)26-31-27(34)37-32-26/h1-3,6-9,16,19H,4-5,10-15H2,(H,31,32,34). The van der Waals surface area contributed by atoms with Gasteiger partial charge in [-0.05, 0) is 62.1 Å². The summed E-state index contributed by atoms with van der Waals surface area (Å²) in [6, 6.07) is 13.7. The van der Waals surface area contributed by atoms with Crippen LogP contribution in [0.15, 0.2) is 63.1 Å². The van der Waals surface area contributed by atoms with Crippen LogP contribution in [0.3, 0.4) is 0 Å². The lowest BCUT2D eigenvalue weighted by Crippen LogP contribution is -2.37. The van der Waals surface area contributed by atoms with Crippen molar-refractivity contribution in [1.29, 1.82) is 0 Å². The van der Waals surface area contributed by atoms with Gasteiger partial charge in [-0.3, -0.25) is 9.51 Å². The molecule has 0 spiro atoms. The van der Waals surface area contributed by atoms with Gasteiger partial charge in [-0.15, -0.1) is 0 Å². The van der Waals surface area contributed by atoms with E-state index in [1.165, 1.54) is 21.9 Å². The third kappa shape index (κ3) is 5.53. The summed E-state index contributed by atoms with van der Waals surface area (Å²) in [4.78, 5) is 16.2. The number of H-pyrrole nitrogens is 1. The Hall–Kier alpha value is -2.14. The number of hydrogen-bond acceptors (Lipinski definition) is 6. The van der Waals surface area contributed by atoms with E-state index in [-0.39, 0.29) is 26.8 Å². The topological polar surface area (TPSA) is 80.6 Å². The van der Waals surface area contributed by atoms with Crippen molar-refractivity contribution in [2.75, 3.05) is 29.2 Å². The number of alkyl halides is 1. The molecular formula is C27H26Cl2IN3O4. The minimum Gasteiger partial charge on any atom is -0.487 e. The fraction of sp³-hybridized carbons (Fsp3) is 0.370. The predicted octanol–water partition coefficient (Wildman–Crippen LogP) is 6.17. The second kappa shape index (κ2) is 10.9. The number of piperidine rings is 1. The molecule has 0 atom stereocenters. The number of nitrogens with zero attached hydrogens (tertiary/aromatic N) is 2. The second-order valence-electron chi connectivity index (χ2n) is 9.40. The Bertz CT molecular complexity index is 1380. The average molecular weight is 654 g/mol. The number of ether oxygens (including phenoxy) is 2. The van der Waals surface area contributed by atoms with E-state index in [1.54, 1.807) is 0 Å². The van der Waals surface area contributed by atoms with Crippen LogP contribution in [-0.2, 0) is 9.47 Å². The number of benzene rings is 2. The molecule has 2 aliphatic heterocycles. The molecule has 37 heavy (non-hydrogen) atoms. The third-order valence-electron chi connectivity index (χ3n) is 6.94. The van der Waals surface area contributed by atoms with E-state index in [2.05, 4.69) is 19.6 Å². The highest BCUT2D eigenvalue weighted by Gasteiger charge is 2.34. The maximum absolute atomic E-state index is 11.2. The molecule has 3 aromatic rings. The van der Waals surface area contributed by atoms with Crippen LogP contribution in [0.5, 0.6) is 0 Å². The zero-order chi connectivity index (χ0) is 25.4. The molecule has 194 valence electrons. The Balaban J connectivity index is 1.11. The fourth-order valence-electron chi connectivity index (χ4n) is 4.85. The van der Waals surface area contributed by atoms with Crippen molar-refractivity contribution in [3.05, 3.63) is 80.0 Å². The quantitative estimate of drug-likeness (QED) is 0.243. The normalized spacial score (nSPS) is 18.9. The Morgan fingerprint density at radius 2 is 1.78 bits per heavy atom. The molecule has 3 aliphatic rings. The largest absolute Gasteiger partial charge is 0.487 e. The molecule has 3 heterocycles. The Labute approximate surface area is 234 Å². The van der Waals surface area contributed by atoms with E-state index in [4.69, 9.17) is 32.7 Å². The van der Waals surface area contributed by atoms with Crippen molar-refractivity contribution in [3.63, 3.8) is 0 Å². The molecule has 2 aromatic carbocycles. The molecule has 2 fully saturated rings. The van der Waals surface area contributed by atoms with Gasteiger partial charge in [0.25, 0.3) is 0 Å². The lowest BCUT2D eigenvalue weighted by Gasteiger charge is -2.34. The van der Waals surface area contributed by atoms with Crippen LogP contribution in [0.4, 0.5) is 5.69 Å². The van der Waals surface area contributed by atoms with Gasteiger partial charge >= 0.3 is 5.76 Å². The van der Waals surface area contributed by atoms with E-state index in [9.17, 15) is 4.79 Å². The van der Waals surface area contributed by atoms with Crippen molar-refractivity contribution in [3.8, 4) is 11.4 Å². The first-order valence-corrected chi connectivity index (χ1v) is 15.7. The van der Waals surface area contributed by atoms with E-state index in [1.807, 2.05) is 42.5 Å². The number of nitrogens with one attached hydrogen (secondary N) is 1. The van der Waals surface area contributed by atoms with E-state index >= 15 is 0 Å². The summed E-state index contributed by atoms with van der Waals surface area (Å²) in [5, 5.41) is 5.15. The monoisotopic (exact) mass is 653 g/mol. The van der Waals surface area contributed by atoms with Crippen LogP contribution in [0.25, 0.3) is 11.4 Å². The summed E-state index contributed by atoms with van der Waals surface area (Å²) in [5.74, 6) is 1.48. The highest BCUT2D eigenvalue weighted by Crippen LogP contribution is 2.44. The molecule has 1 N–H and O–H groups in total. The van der Waals surface area contributed by atoms with Crippen LogP contribution < -0.4 is 10.7 Å². The van der Waals surface area contributed by atoms with E-state index in [0.29, 0.717) is 28.4 Å². The molecule has 1 saturated carbocycles. The Morgan fingerprint density at radius 1 is 1.05 bits per heavy atom. The van der Waals surface area contributed by atoms with Gasteiger partial charge in [0.1, 0.15) is 10.4 Å². The number of rotatable bonds is 7. The molecule has 1 aromatic heterocycles. The first kappa shape index (κ1) is 25.2. The number of allylic oxidation sites excluding steroid dienone is 1. The van der Waals surface area contributed by atoms with Gasteiger partial charge in [-0.25, -0.2) is 4.79 Å². The summed E-state index contributed by atoms with van der Waals surface area (Å²) >= 11 is 12.9. The first-order chi connectivity index (χ1) is 18.1. The first-order valence-electron chi connectivity index (χ1n) is 12.4. The summed E-state index contributed by atoms with van der Waals surface area (Å²) in [7, 11) is 0. The molecular weight excluding hydrogens is 628 g/mol. The fourth-order valence-corrected chi connectivity index (χ4v) is 8.40. The van der Waals surface area contributed by atoms with Crippen molar-refractivity contribution < 1.29 is 14.0 Å². The highest BCUT2D eigenvalue weighted by molar-refractivity contribution is 14.2. The smallest absolute Gasteiger partial charge is 0.439 e. The van der Waals surface area contributed by atoms with Gasteiger partial charge in [0, 0.05) is 44.9 Å². The van der Waals surface area contributed by atoms with Crippen LogP contribution in [-0.4, -0.2) is 44.1 Å². The molecule has 0 amide bonds. The molecule has 1 aliphatic carbocycles. The van der Waals surface area contributed by atoms with Gasteiger partial charge in [0.05, 0.1) is 22.8 Å². The summed E-state index contributed by atoms with van der Waals surface area (Å²) in [5.41, 5.74) is 4.10. The number of aromatic amines is 1. The van der Waals surface area contributed by atoms with Gasteiger partial charge in [-0.1, -0.05) is 55.2 Å². The zero-order valence-electron chi connectivity index (χ0n) is 20.0. The van der Waals surface area contributed by atoms with Crippen molar-refractivity contribution in [1.82, 2.24) is 10.1 Å². The number of aromatic nitrogens is 2. The Morgan fingerprint density at radius 3 is 2.43 bits per heavy atom.